The number of aromatic nitrogens is 2. The molecule has 2 fully saturated rings. The lowest BCUT2D eigenvalue weighted by atomic mass is 9.71. The van der Waals surface area contributed by atoms with Crippen molar-refractivity contribution in [1.82, 2.24) is 9.55 Å². The van der Waals surface area contributed by atoms with Gasteiger partial charge in [0.2, 0.25) is 0 Å². The second-order valence-corrected chi connectivity index (χ2v) is 12.4. The molecule has 0 unspecified atom stereocenters. The van der Waals surface area contributed by atoms with Crippen molar-refractivity contribution in [2.24, 2.45) is 24.3 Å². The van der Waals surface area contributed by atoms with Crippen molar-refractivity contribution < 1.29 is 29.3 Å². The van der Waals surface area contributed by atoms with Crippen LogP contribution < -0.4 is 0 Å². The molecule has 2 N–H and O–H groups in total. The molecule has 2 aliphatic rings. The first-order valence-electron chi connectivity index (χ1n) is 14.1. The van der Waals surface area contributed by atoms with E-state index < -0.39 is 35.6 Å². The van der Waals surface area contributed by atoms with Gasteiger partial charge in [0.15, 0.2) is 0 Å². The number of nitrogens with zero attached hydrogens (tertiary/aromatic N) is 2. The van der Waals surface area contributed by atoms with Gasteiger partial charge in [-0.15, -0.1) is 6.58 Å². The van der Waals surface area contributed by atoms with E-state index in [4.69, 9.17) is 9.47 Å². The van der Waals surface area contributed by atoms with Gasteiger partial charge in [0, 0.05) is 19.4 Å². The highest BCUT2D eigenvalue weighted by molar-refractivity contribution is 5.88. The van der Waals surface area contributed by atoms with Crippen LogP contribution in [0.25, 0.3) is 11.0 Å². The number of hydrogen-bond acceptors (Lipinski definition) is 7. The molecule has 0 spiro atoms. The quantitative estimate of drug-likeness (QED) is 0.329. The number of aliphatic hydroxyl groups is 2. The minimum absolute atomic E-state index is 0.0824. The number of Topliss-reactive ketones (excluding diaryl/α,β-unsaturated/α-hetero) is 1. The van der Waals surface area contributed by atoms with E-state index in [1.165, 1.54) is 0 Å². The van der Waals surface area contributed by atoms with Crippen LogP contribution in [0.4, 0.5) is 0 Å². The van der Waals surface area contributed by atoms with E-state index in [9.17, 15) is 19.8 Å². The Morgan fingerprint density at radius 1 is 1.23 bits per heavy atom. The molecule has 3 heterocycles. The molecule has 7 atom stereocenters. The third-order valence-electron chi connectivity index (χ3n) is 9.15. The van der Waals surface area contributed by atoms with E-state index in [0.717, 1.165) is 41.7 Å². The number of benzene rings is 1. The van der Waals surface area contributed by atoms with Gasteiger partial charge >= 0.3 is 5.97 Å². The smallest absolute Gasteiger partial charge is 0.309 e. The topological polar surface area (TPSA) is 114 Å². The summed E-state index contributed by atoms with van der Waals surface area (Å²) in [4.78, 5) is 31.5. The van der Waals surface area contributed by atoms with Gasteiger partial charge in [-0.1, -0.05) is 39.3 Å². The largest absolute Gasteiger partial charge is 0.457 e. The number of rotatable bonds is 3. The summed E-state index contributed by atoms with van der Waals surface area (Å²) in [5, 5.41) is 22.2. The predicted octanol–water partition coefficient (Wildman–Crippen LogP) is 4.73. The van der Waals surface area contributed by atoms with E-state index >= 15 is 0 Å². The Kier molecular flexibility index (Phi) is 8.41. The summed E-state index contributed by atoms with van der Waals surface area (Å²) in [6, 6.07) is 5.88. The highest BCUT2D eigenvalue weighted by Gasteiger charge is 2.53. The molecule has 2 aromatic rings. The fourth-order valence-electron chi connectivity index (χ4n) is 5.98. The highest BCUT2D eigenvalue weighted by atomic mass is 16.6. The Bertz CT molecular complexity index is 1240. The lowest BCUT2D eigenvalue weighted by molar-refractivity contribution is -0.156. The van der Waals surface area contributed by atoms with E-state index in [1.54, 1.807) is 19.9 Å². The standard InChI is InChI=1S/C31H44N2O6/c1-8-10-21-28(36)18(2)11-9-14-31(6)26(39-31)16-24(38-27(35)17-25(34)30(4,5)29(21)37)20-12-13-23-22(15-20)32-19(3)33(23)7/h8,12-13,15,18,21,24-26,28,34,36H,1,9-11,14,16-17H2,2-7H3/t18-,21-,24+,25+,26-,28-,31+/m1/s1. The fourth-order valence-corrected chi connectivity index (χ4v) is 5.98. The van der Waals surface area contributed by atoms with Crippen molar-refractivity contribution in [1.29, 1.82) is 0 Å². The Morgan fingerprint density at radius 2 is 1.95 bits per heavy atom. The Morgan fingerprint density at radius 3 is 2.64 bits per heavy atom. The summed E-state index contributed by atoms with van der Waals surface area (Å²) >= 11 is 0. The number of ether oxygens (including phenoxy) is 2. The number of epoxide rings is 1. The second-order valence-electron chi connectivity index (χ2n) is 12.4. The maximum absolute atomic E-state index is 13.6. The molecule has 4 rings (SSSR count). The number of aliphatic hydroxyl groups excluding tert-OH is 2. The lowest BCUT2D eigenvalue weighted by Crippen LogP contribution is -2.46. The van der Waals surface area contributed by atoms with E-state index in [-0.39, 0.29) is 29.8 Å². The molecular formula is C31H44N2O6. The number of fused-ring (bicyclic) bond motifs is 2. The molecule has 214 valence electrons. The van der Waals surface area contributed by atoms with Gasteiger partial charge in [0.25, 0.3) is 0 Å². The Hall–Kier alpha value is -2.55. The van der Waals surface area contributed by atoms with Crippen molar-refractivity contribution in [3.63, 3.8) is 0 Å². The molecule has 0 aliphatic carbocycles. The van der Waals surface area contributed by atoms with Crippen molar-refractivity contribution in [3.05, 3.63) is 42.2 Å². The van der Waals surface area contributed by atoms with Crippen LogP contribution in [-0.2, 0) is 26.1 Å². The van der Waals surface area contributed by atoms with Crippen LogP contribution in [0.5, 0.6) is 0 Å². The predicted molar refractivity (Wildman–Crippen MR) is 149 cm³/mol. The minimum Gasteiger partial charge on any atom is -0.457 e. The zero-order valence-electron chi connectivity index (χ0n) is 24.1. The monoisotopic (exact) mass is 540 g/mol. The number of imidazole rings is 1. The third-order valence-corrected chi connectivity index (χ3v) is 9.15. The van der Waals surface area contributed by atoms with Crippen LogP contribution in [-0.4, -0.2) is 55.4 Å². The number of aryl methyl sites for hydroxylation is 2. The molecule has 2 saturated heterocycles. The molecule has 2 aliphatic heterocycles. The van der Waals surface area contributed by atoms with Gasteiger partial charge in [-0.3, -0.25) is 9.59 Å². The molecule has 8 nitrogen and oxygen atoms in total. The molecule has 1 aromatic carbocycles. The molecule has 0 saturated carbocycles. The van der Waals surface area contributed by atoms with Gasteiger partial charge in [-0.2, -0.15) is 0 Å². The number of allylic oxidation sites excluding steroid dienone is 1. The van der Waals surface area contributed by atoms with E-state index in [2.05, 4.69) is 18.5 Å². The average Bonchev–Trinajstić information content (AvgIpc) is 3.42. The highest BCUT2D eigenvalue weighted by Crippen LogP contribution is 2.47. The van der Waals surface area contributed by atoms with E-state index in [1.807, 2.05) is 43.7 Å². The van der Waals surface area contributed by atoms with Crippen LogP contribution in [0.15, 0.2) is 30.9 Å². The first-order valence-corrected chi connectivity index (χ1v) is 14.1. The number of carbonyl (C=O) groups excluding carboxylic acids is 2. The zero-order valence-corrected chi connectivity index (χ0v) is 24.1. The van der Waals surface area contributed by atoms with Gasteiger partial charge in [-0.25, -0.2) is 4.98 Å². The maximum Gasteiger partial charge on any atom is 0.309 e. The van der Waals surface area contributed by atoms with Gasteiger partial charge < -0.3 is 24.3 Å². The minimum atomic E-state index is -1.27. The SMILES string of the molecule is C=CC[C@H]1C(=O)C(C)(C)[C@@H](O)CC(=O)O[C@H](c2ccc3c(c2)nc(C)n3C)C[C@H]2O[C@@]2(C)CCC[C@@H](C)[C@H]1O. The molecule has 0 bridgehead atoms. The second kappa shape index (κ2) is 11.1. The van der Waals surface area contributed by atoms with Crippen LogP contribution in [0.3, 0.4) is 0 Å². The fraction of sp³-hybridized carbons (Fsp3) is 0.645. The molecule has 1 aromatic heterocycles. The number of carbonyl (C=O) groups is 2. The Labute approximate surface area is 231 Å². The van der Waals surface area contributed by atoms with Crippen LogP contribution in [0.2, 0.25) is 0 Å². The van der Waals surface area contributed by atoms with Crippen molar-refractivity contribution in [2.45, 2.75) is 103 Å². The summed E-state index contributed by atoms with van der Waals surface area (Å²) < 4.78 is 14.1. The summed E-state index contributed by atoms with van der Waals surface area (Å²) in [5.41, 5.74) is 1.03. The molecule has 39 heavy (non-hydrogen) atoms. The van der Waals surface area contributed by atoms with Crippen LogP contribution >= 0.6 is 0 Å². The summed E-state index contributed by atoms with van der Waals surface area (Å²) in [6.07, 6.45) is 1.63. The number of hydrogen-bond donors (Lipinski definition) is 2. The summed E-state index contributed by atoms with van der Waals surface area (Å²) in [6.45, 7) is 13.0. The van der Waals surface area contributed by atoms with Crippen molar-refractivity contribution in [3.8, 4) is 0 Å². The molecule has 0 radical (unpaired) electrons. The molecule has 8 heteroatoms. The maximum atomic E-state index is 13.6. The van der Waals surface area contributed by atoms with E-state index in [0.29, 0.717) is 12.8 Å². The van der Waals surface area contributed by atoms with Gasteiger partial charge in [-0.05, 0) is 56.7 Å². The van der Waals surface area contributed by atoms with Gasteiger partial charge in [0.1, 0.15) is 17.7 Å². The molecular weight excluding hydrogens is 496 g/mol. The number of cyclic esters (lactones) is 1. The summed E-state index contributed by atoms with van der Waals surface area (Å²) in [5.74, 6) is -0.812. The van der Waals surface area contributed by atoms with Crippen molar-refractivity contribution in [2.75, 3.05) is 0 Å². The lowest BCUT2D eigenvalue weighted by Gasteiger charge is -2.35. The average molecular weight is 541 g/mol. The third kappa shape index (κ3) is 5.98. The number of ketones is 1. The zero-order chi connectivity index (χ0) is 28.7. The van der Waals surface area contributed by atoms with Crippen LogP contribution in [0, 0.1) is 24.2 Å². The van der Waals surface area contributed by atoms with Crippen LogP contribution in [0.1, 0.15) is 83.7 Å². The first-order chi connectivity index (χ1) is 18.3. The van der Waals surface area contributed by atoms with Crippen molar-refractivity contribution >= 4 is 22.8 Å². The first kappa shape index (κ1) is 29.4. The normalized spacial score (nSPS) is 34.4. The van der Waals surface area contributed by atoms with Gasteiger partial charge in [0.05, 0.1) is 46.8 Å². The number of esters is 1. The molecule has 0 amide bonds. The summed E-state index contributed by atoms with van der Waals surface area (Å²) in [7, 11) is 1.96. The Balaban J connectivity index is 1.64.